The summed E-state index contributed by atoms with van der Waals surface area (Å²) in [6, 6.07) is 0. The summed E-state index contributed by atoms with van der Waals surface area (Å²) >= 11 is 0. The van der Waals surface area contributed by atoms with Crippen LogP contribution in [0.5, 0.6) is 0 Å². The molecule has 0 saturated carbocycles. The Balaban J connectivity index is 0.000000218. The van der Waals surface area contributed by atoms with E-state index in [2.05, 4.69) is 13.2 Å². The van der Waals surface area contributed by atoms with Crippen LogP contribution in [-0.2, 0) is 9.59 Å². The van der Waals surface area contributed by atoms with Crippen molar-refractivity contribution in [2.75, 3.05) is 0 Å². The zero-order chi connectivity index (χ0) is 8.69. The summed E-state index contributed by atoms with van der Waals surface area (Å²) < 4.78 is 0. The van der Waals surface area contributed by atoms with Gasteiger partial charge in [0.25, 0.3) is 11.8 Å². The fourth-order valence-electron chi connectivity index (χ4n) is 0.356. The lowest BCUT2D eigenvalue weighted by Gasteiger charge is -1.80. The third-order valence-corrected chi connectivity index (χ3v) is 0.799. The minimum absolute atomic E-state index is 0.329. The maximum Gasteiger partial charge on any atom is 0.250 e. The zero-order valence-electron chi connectivity index (χ0n) is 6.04. The van der Waals surface area contributed by atoms with Crippen LogP contribution in [0.1, 0.15) is 0 Å². The third kappa shape index (κ3) is 4.84. The average molecular weight is 151 g/mol. The number of carbonyl (C=O) groups excluding carboxylic acids is 2. The Bertz CT molecular complexity index is 194. The fourth-order valence-corrected chi connectivity index (χ4v) is 0.356. The number of nitrogens with one attached hydrogen (secondary N) is 1. The molecule has 0 atom stereocenters. The number of hydrogen-bond donors (Lipinski definition) is 1. The molecule has 11 heavy (non-hydrogen) atoms. The van der Waals surface area contributed by atoms with E-state index in [1.807, 2.05) is 5.32 Å². The molecular weight excluding hydrogens is 142 g/mol. The lowest BCUT2D eigenvalue weighted by molar-refractivity contribution is -0.123. The molecule has 1 rings (SSSR count). The lowest BCUT2D eigenvalue weighted by atomic mass is 10.6. The first-order chi connectivity index (χ1) is 5.20. The summed E-state index contributed by atoms with van der Waals surface area (Å²) in [4.78, 5) is 20.1. The number of carbonyl (C=O) groups is 2. The van der Waals surface area contributed by atoms with Gasteiger partial charge >= 0.3 is 0 Å². The standard InChI is InChI=1S/C4H3NO2.C4H6/c6-3-1-2-4(7)5-3;1-3-4-2/h1-2H,(H,5,6,7);3-4H,1-2H2. The van der Waals surface area contributed by atoms with Crippen molar-refractivity contribution in [3.05, 3.63) is 37.5 Å². The van der Waals surface area contributed by atoms with Crippen LogP contribution in [0.3, 0.4) is 0 Å². The molecule has 0 aromatic rings. The molecule has 0 radical (unpaired) electrons. The second-order valence-corrected chi connectivity index (χ2v) is 1.66. The van der Waals surface area contributed by atoms with Gasteiger partial charge in [0.05, 0.1) is 0 Å². The predicted octanol–water partition coefficient (Wildman–Crippen LogP) is 0.557. The van der Waals surface area contributed by atoms with Crippen molar-refractivity contribution in [1.29, 1.82) is 0 Å². The van der Waals surface area contributed by atoms with Crippen LogP contribution in [-0.4, -0.2) is 11.8 Å². The number of allylic oxidation sites excluding steroid dienone is 2. The molecule has 0 aliphatic carbocycles. The first kappa shape index (κ1) is 9.36. The minimum Gasteiger partial charge on any atom is -0.289 e. The molecule has 0 aromatic heterocycles. The van der Waals surface area contributed by atoms with E-state index in [0.717, 1.165) is 0 Å². The van der Waals surface area contributed by atoms with Crippen molar-refractivity contribution in [3.8, 4) is 0 Å². The summed E-state index contributed by atoms with van der Waals surface area (Å²) in [5.74, 6) is -0.657. The molecule has 58 valence electrons. The Morgan fingerprint density at radius 3 is 1.55 bits per heavy atom. The van der Waals surface area contributed by atoms with Gasteiger partial charge in [-0.1, -0.05) is 25.3 Å². The highest BCUT2D eigenvalue weighted by atomic mass is 16.2. The summed E-state index contributed by atoms with van der Waals surface area (Å²) in [7, 11) is 0. The van der Waals surface area contributed by atoms with E-state index in [4.69, 9.17) is 0 Å². The first-order valence-electron chi connectivity index (χ1n) is 2.97. The van der Waals surface area contributed by atoms with Crippen molar-refractivity contribution in [3.63, 3.8) is 0 Å². The highest BCUT2D eigenvalue weighted by molar-refractivity contribution is 6.12. The number of imide groups is 1. The predicted molar refractivity (Wildman–Crippen MR) is 42.7 cm³/mol. The molecule has 1 N–H and O–H groups in total. The Hall–Kier alpha value is -1.64. The van der Waals surface area contributed by atoms with Crippen LogP contribution >= 0.6 is 0 Å². The monoisotopic (exact) mass is 151 g/mol. The van der Waals surface area contributed by atoms with Gasteiger partial charge in [0.1, 0.15) is 0 Å². The number of hydrogen-bond acceptors (Lipinski definition) is 2. The first-order valence-corrected chi connectivity index (χ1v) is 2.97. The minimum atomic E-state index is -0.329. The molecular formula is C8H9NO2. The van der Waals surface area contributed by atoms with Crippen molar-refractivity contribution in [2.24, 2.45) is 0 Å². The van der Waals surface area contributed by atoms with E-state index in [0.29, 0.717) is 0 Å². The Kier molecular flexibility index (Phi) is 4.40. The van der Waals surface area contributed by atoms with Crippen LogP contribution in [0, 0.1) is 0 Å². The molecule has 0 fully saturated rings. The molecule has 0 unspecified atom stereocenters. The van der Waals surface area contributed by atoms with Gasteiger partial charge < -0.3 is 0 Å². The second-order valence-electron chi connectivity index (χ2n) is 1.66. The highest BCUT2D eigenvalue weighted by Gasteiger charge is 2.06. The third-order valence-electron chi connectivity index (χ3n) is 0.799. The molecule has 0 saturated heterocycles. The SMILES string of the molecule is C=CC=C.O=C1C=CC(=O)N1. The molecule has 2 amide bonds. The highest BCUT2D eigenvalue weighted by Crippen LogP contribution is 1.82. The summed E-state index contributed by atoms with van der Waals surface area (Å²) in [6.07, 6.45) is 5.67. The largest absolute Gasteiger partial charge is 0.289 e. The van der Waals surface area contributed by atoms with Gasteiger partial charge in [-0.15, -0.1) is 0 Å². The quantitative estimate of drug-likeness (QED) is 0.439. The molecule has 1 aliphatic rings. The Labute approximate surface area is 65.1 Å². The smallest absolute Gasteiger partial charge is 0.250 e. The molecule has 0 aromatic carbocycles. The van der Waals surface area contributed by atoms with Crippen molar-refractivity contribution < 1.29 is 9.59 Å². The maximum atomic E-state index is 10.0. The zero-order valence-corrected chi connectivity index (χ0v) is 6.04. The van der Waals surface area contributed by atoms with Crippen LogP contribution in [0.15, 0.2) is 37.5 Å². The van der Waals surface area contributed by atoms with E-state index in [-0.39, 0.29) is 11.8 Å². The fraction of sp³-hybridized carbons (Fsp3) is 0. The molecule has 3 heteroatoms. The van der Waals surface area contributed by atoms with Gasteiger partial charge in [-0.25, -0.2) is 0 Å². The van der Waals surface area contributed by atoms with Gasteiger partial charge in [0.2, 0.25) is 0 Å². The molecule has 3 nitrogen and oxygen atoms in total. The van der Waals surface area contributed by atoms with E-state index >= 15 is 0 Å². The molecule has 1 heterocycles. The Morgan fingerprint density at radius 1 is 1.09 bits per heavy atom. The number of amides is 2. The summed E-state index contributed by atoms with van der Waals surface area (Å²) in [5.41, 5.74) is 0. The van der Waals surface area contributed by atoms with Gasteiger partial charge in [-0.3, -0.25) is 14.9 Å². The van der Waals surface area contributed by atoms with Gasteiger partial charge in [-0.05, 0) is 0 Å². The van der Waals surface area contributed by atoms with Crippen molar-refractivity contribution >= 4 is 11.8 Å². The topological polar surface area (TPSA) is 46.2 Å². The maximum absolute atomic E-state index is 10.0. The second kappa shape index (κ2) is 5.17. The van der Waals surface area contributed by atoms with Gasteiger partial charge in [-0.2, -0.15) is 0 Å². The van der Waals surface area contributed by atoms with E-state index < -0.39 is 0 Å². The molecule has 0 spiro atoms. The lowest BCUT2D eigenvalue weighted by Crippen LogP contribution is -2.19. The van der Waals surface area contributed by atoms with Gasteiger partial charge in [0.15, 0.2) is 0 Å². The van der Waals surface area contributed by atoms with E-state index in [9.17, 15) is 9.59 Å². The van der Waals surface area contributed by atoms with Crippen LogP contribution in [0.2, 0.25) is 0 Å². The number of rotatable bonds is 1. The van der Waals surface area contributed by atoms with Crippen LogP contribution in [0.25, 0.3) is 0 Å². The molecule has 0 bridgehead atoms. The normalized spacial score (nSPS) is 13.1. The van der Waals surface area contributed by atoms with Crippen molar-refractivity contribution in [2.45, 2.75) is 0 Å². The van der Waals surface area contributed by atoms with Crippen molar-refractivity contribution in [1.82, 2.24) is 5.32 Å². The van der Waals surface area contributed by atoms with Crippen LogP contribution in [0.4, 0.5) is 0 Å². The van der Waals surface area contributed by atoms with E-state index in [1.165, 1.54) is 12.2 Å². The summed E-state index contributed by atoms with van der Waals surface area (Å²) in [5, 5.41) is 2.03. The average Bonchev–Trinajstić information content (AvgIpc) is 2.35. The summed E-state index contributed by atoms with van der Waals surface area (Å²) in [6.45, 7) is 6.72. The molecule has 1 aliphatic heterocycles. The Morgan fingerprint density at radius 2 is 1.45 bits per heavy atom. The van der Waals surface area contributed by atoms with Gasteiger partial charge in [0, 0.05) is 12.2 Å². The van der Waals surface area contributed by atoms with Crippen LogP contribution < -0.4 is 5.32 Å². The van der Waals surface area contributed by atoms with E-state index in [1.54, 1.807) is 12.2 Å².